The van der Waals surface area contributed by atoms with Crippen molar-refractivity contribution in [2.24, 2.45) is 4.99 Å². The highest BCUT2D eigenvalue weighted by molar-refractivity contribution is 5.80. The van der Waals surface area contributed by atoms with Crippen molar-refractivity contribution in [3.05, 3.63) is 36.4 Å². The molecular weight excluding hydrogens is 344 g/mol. The smallest absolute Gasteiger partial charge is 0.191 e. The number of aromatic nitrogens is 3. The van der Waals surface area contributed by atoms with Crippen molar-refractivity contribution < 1.29 is 9.47 Å². The van der Waals surface area contributed by atoms with E-state index in [2.05, 4.69) is 32.6 Å². The third-order valence-corrected chi connectivity index (χ3v) is 4.38. The summed E-state index contributed by atoms with van der Waals surface area (Å²) in [6.07, 6.45) is 3.50. The van der Waals surface area contributed by atoms with Crippen molar-refractivity contribution in [3.8, 4) is 11.5 Å². The van der Waals surface area contributed by atoms with Crippen molar-refractivity contribution in [3.63, 3.8) is 0 Å². The first kappa shape index (κ1) is 19.0. The summed E-state index contributed by atoms with van der Waals surface area (Å²) in [7, 11) is 1.65. The molecule has 0 saturated heterocycles. The summed E-state index contributed by atoms with van der Waals surface area (Å²) < 4.78 is 13.1. The summed E-state index contributed by atoms with van der Waals surface area (Å²) in [6, 6.07) is 7.89. The topological polar surface area (TPSA) is 85.6 Å². The molecule has 2 N–H and O–H groups in total. The number of rotatable bonds is 7. The molecule has 1 aromatic heterocycles. The number of methoxy groups -OCH3 is 1. The molecule has 0 fully saturated rings. The predicted octanol–water partition coefficient (Wildman–Crippen LogP) is 1.62. The van der Waals surface area contributed by atoms with Crippen LogP contribution in [0.3, 0.4) is 0 Å². The fraction of sp³-hybridized carbons (Fsp3) is 0.526. The molecule has 8 heteroatoms. The number of aryl methyl sites for hydroxylation is 1. The van der Waals surface area contributed by atoms with Crippen LogP contribution < -0.4 is 20.1 Å². The second-order valence-corrected chi connectivity index (χ2v) is 6.57. The van der Waals surface area contributed by atoms with E-state index >= 15 is 0 Å². The number of fused-ring (bicyclic) bond motifs is 1. The van der Waals surface area contributed by atoms with Gasteiger partial charge in [0.1, 0.15) is 29.8 Å². The molecule has 0 amide bonds. The summed E-state index contributed by atoms with van der Waals surface area (Å²) in [4.78, 5) is 8.95. The van der Waals surface area contributed by atoms with Gasteiger partial charge in [-0.2, -0.15) is 5.10 Å². The van der Waals surface area contributed by atoms with E-state index in [4.69, 9.17) is 9.47 Å². The van der Waals surface area contributed by atoms with Gasteiger partial charge in [0, 0.05) is 25.1 Å². The molecule has 0 aliphatic carbocycles. The molecule has 0 bridgehead atoms. The van der Waals surface area contributed by atoms with Gasteiger partial charge in [0.05, 0.1) is 20.2 Å². The van der Waals surface area contributed by atoms with Crippen LogP contribution in [0, 0.1) is 0 Å². The van der Waals surface area contributed by atoms with Gasteiger partial charge in [0.2, 0.25) is 0 Å². The van der Waals surface area contributed by atoms with E-state index in [1.807, 2.05) is 35.9 Å². The Kier molecular flexibility index (Phi) is 6.51. The molecular formula is C19H28N6O2. The zero-order valence-corrected chi connectivity index (χ0v) is 16.2. The number of ether oxygens (including phenoxy) is 2. The molecule has 2 aromatic rings. The molecule has 2 atom stereocenters. The highest BCUT2D eigenvalue weighted by Gasteiger charge is 2.20. The number of hydrogen-bond acceptors (Lipinski definition) is 5. The average Bonchev–Trinajstić information content (AvgIpc) is 3.14. The Morgan fingerprint density at radius 2 is 2.26 bits per heavy atom. The van der Waals surface area contributed by atoms with Crippen LogP contribution in [-0.2, 0) is 13.0 Å². The van der Waals surface area contributed by atoms with E-state index < -0.39 is 0 Å². The van der Waals surface area contributed by atoms with Gasteiger partial charge in [-0.15, -0.1) is 0 Å². The van der Waals surface area contributed by atoms with Crippen molar-refractivity contribution in [1.29, 1.82) is 0 Å². The number of aliphatic imine (C=N–C) groups is 1. The molecule has 146 valence electrons. The van der Waals surface area contributed by atoms with Gasteiger partial charge in [-0.3, -0.25) is 0 Å². The molecule has 8 nitrogen and oxygen atoms in total. The SMILES string of the molecule is CCNC(=NCC(C)Oc1cccc(OC)c1)NC1CCc2ncnn2C1. The quantitative estimate of drug-likeness (QED) is 0.568. The molecule has 0 spiro atoms. The normalized spacial score (nSPS) is 17.7. The number of nitrogens with zero attached hydrogens (tertiary/aromatic N) is 4. The Morgan fingerprint density at radius 3 is 3.07 bits per heavy atom. The zero-order chi connectivity index (χ0) is 19.1. The molecule has 1 aliphatic heterocycles. The summed E-state index contributed by atoms with van der Waals surface area (Å²) in [5, 5.41) is 11.1. The zero-order valence-electron chi connectivity index (χ0n) is 16.2. The van der Waals surface area contributed by atoms with Gasteiger partial charge < -0.3 is 20.1 Å². The summed E-state index contributed by atoms with van der Waals surface area (Å²) >= 11 is 0. The Bertz CT molecular complexity index is 760. The molecule has 2 unspecified atom stereocenters. The van der Waals surface area contributed by atoms with E-state index in [0.29, 0.717) is 6.54 Å². The molecule has 0 saturated carbocycles. The minimum absolute atomic E-state index is 0.0548. The standard InChI is InChI=1S/C19H28N6O2/c1-4-20-19(24-15-8-9-18-22-13-23-25(18)12-15)21-11-14(2)27-17-7-5-6-16(10-17)26-3/h5-7,10,13-15H,4,8-9,11-12H2,1-3H3,(H2,20,21,24). The Balaban J connectivity index is 1.55. The van der Waals surface area contributed by atoms with Gasteiger partial charge in [-0.1, -0.05) is 6.07 Å². The van der Waals surface area contributed by atoms with Gasteiger partial charge in [-0.05, 0) is 32.4 Å². The van der Waals surface area contributed by atoms with Crippen LogP contribution in [0.5, 0.6) is 11.5 Å². The third-order valence-electron chi connectivity index (χ3n) is 4.38. The lowest BCUT2D eigenvalue weighted by Gasteiger charge is -2.25. The second-order valence-electron chi connectivity index (χ2n) is 6.57. The highest BCUT2D eigenvalue weighted by atomic mass is 16.5. The summed E-state index contributed by atoms with van der Waals surface area (Å²) in [5.74, 6) is 3.41. The lowest BCUT2D eigenvalue weighted by atomic mass is 10.1. The van der Waals surface area contributed by atoms with Gasteiger partial charge >= 0.3 is 0 Å². The van der Waals surface area contributed by atoms with E-state index in [1.165, 1.54) is 0 Å². The largest absolute Gasteiger partial charge is 0.497 e. The monoisotopic (exact) mass is 372 g/mol. The lowest BCUT2D eigenvalue weighted by molar-refractivity contribution is 0.229. The summed E-state index contributed by atoms with van der Waals surface area (Å²) in [6.45, 7) is 6.22. The minimum atomic E-state index is -0.0548. The maximum atomic E-state index is 5.95. The molecule has 0 radical (unpaired) electrons. The Hall–Kier alpha value is -2.77. The van der Waals surface area contributed by atoms with Gasteiger partial charge in [0.25, 0.3) is 0 Å². The Morgan fingerprint density at radius 1 is 1.41 bits per heavy atom. The number of hydrogen-bond donors (Lipinski definition) is 2. The Labute approximate surface area is 160 Å². The fourth-order valence-electron chi connectivity index (χ4n) is 3.03. The van der Waals surface area contributed by atoms with Crippen molar-refractivity contribution in [2.45, 2.75) is 45.4 Å². The van der Waals surface area contributed by atoms with Crippen molar-refractivity contribution >= 4 is 5.96 Å². The first-order valence-corrected chi connectivity index (χ1v) is 9.40. The van der Waals surface area contributed by atoms with Gasteiger partial charge in [0.15, 0.2) is 5.96 Å². The van der Waals surface area contributed by atoms with Crippen LogP contribution in [0.4, 0.5) is 0 Å². The second kappa shape index (κ2) is 9.25. The number of guanidine groups is 1. The van der Waals surface area contributed by atoms with E-state index in [9.17, 15) is 0 Å². The van der Waals surface area contributed by atoms with Crippen LogP contribution in [-0.4, -0.2) is 53.1 Å². The maximum Gasteiger partial charge on any atom is 0.191 e. The minimum Gasteiger partial charge on any atom is -0.497 e. The lowest BCUT2D eigenvalue weighted by Crippen LogP contribution is -2.47. The molecule has 3 rings (SSSR count). The van der Waals surface area contributed by atoms with Crippen molar-refractivity contribution in [1.82, 2.24) is 25.4 Å². The molecule has 27 heavy (non-hydrogen) atoms. The highest BCUT2D eigenvalue weighted by Crippen LogP contribution is 2.20. The summed E-state index contributed by atoms with van der Waals surface area (Å²) in [5.41, 5.74) is 0. The number of nitrogens with one attached hydrogen (secondary N) is 2. The average molecular weight is 372 g/mol. The molecule has 1 aliphatic rings. The van der Waals surface area contributed by atoms with Crippen LogP contribution in [0.1, 0.15) is 26.1 Å². The maximum absolute atomic E-state index is 5.95. The van der Waals surface area contributed by atoms with E-state index in [0.717, 1.165) is 49.2 Å². The van der Waals surface area contributed by atoms with Crippen molar-refractivity contribution in [2.75, 3.05) is 20.2 Å². The third kappa shape index (κ3) is 5.35. The first-order chi connectivity index (χ1) is 13.2. The predicted molar refractivity (Wildman–Crippen MR) is 104 cm³/mol. The van der Waals surface area contributed by atoms with Crippen LogP contribution >= 0.6 is 0 Å². The van der Waals surface area contributed by atoms with Crippen LogP contribution in [0.2, 0.25) is 0 Å². The molecule has 1 aromatic carbocycles. The van der Waals surface area contributed by atoms with E-state index in [1.54, 1.807) is 13.4 Å². The number of benzene rings is 1. The van der Waals surface area contributed by atoms with E-state index in [-0.39, 0.29) is 12.1 Å². The first-order valence-electron chi connectivity index (χ1n) is 9.40. The van der Waals surface area contributed by atoms with Crippen LogP contribution in [0.25, 0.3) is 0 Å². The fourth-order valence-corrected chi connectivity index (χ4v) is 3.03. The molecule has 2 heterocycles. The van der Waals surface area contributed by atoms with Gasteiger partial charge in [-0.25, -0.2) is 14.7 Å². The van der Waals surface area contributed by atoms with Crippen LogP contribution in [0.15, 0.2) is 35.6 Å².